The first-order valence-electron chi connectivity index (χ1n) is 4.64. The third-order valence-corrected chi connectivity index (χ3v) is 2.16. The first-order chi connectivity index (χ1) is 7.10. The molecule has 0 unspecified atom stereocenters. The van der Waals surface area contributed by atoms with Crippen molar-refractivity contribution in [2.24, 2.45) is 0 Å². The van der Waals surface area contributed by atoms with Crippen LogP contribution < -0.4 is 5.32 Å². The average molecular weight is 207 g/mol. The molecule has 5 heteroatoms. The zero-order valence-electron chi connectivity index (χ0n) is 8.70. The summed E-state index contributed by atoms with van der Waals surface area (Å²) in [6.45, 7) is 1.85. The van der Waals surface area contributed by atoms with Crippen LogP contribution in [0.3, 0.4) is 0 Å². The summed E-state index contributed by atoms with van der Waals surface area (Å²) in [5.74, 6) is 0. The molecule has 15 heavy (non-hydrogen) atoms. The summed E-state index contributed by atoms with van der Waals surface area (Å²) in [5.41, 5.74) is 1.74. The lowest BCUT2D eigenvalue weighted by Crippen LogP contribution is -2.03. The lowest BCUT2D eigenvalue weighted by atomic mass is 10.1. The zero-order valence-corrected chi connectivity index (χ0v) is 8.70. The Balaban J connectivity index is 3.25. The van der Waals surface area contributed by atoms with Gasteiger partial charge < -0.3 is 10.7 Å². The number of nitro benzene ring substituents is 1. The molecule has 0 saturated heterocycles. The maximum Gasteiger partial charge on any atom is 0.270 e. The minimum atomic E-state index is -0.453. The molecule has 0 aliphatic heterocycles. The van der Waals surface area contributed by atoms with E-state index in [2.05, 4.69) is 5.32 Å². The fraction of sp³-hybridized carbons (Fsp3) is 0.300. The van der Waals surface area contributed by atoms with Crippen LogP contribution in [-0.2, 0) is 0 Å². The van der Waals surface area contributed by atoms with E-state index in [1.807, 2.05) is 6.92 Å². The van der Waals surface area contributed by atoms with Gasteiger partial charge in [0.25, 0.3) is 5.69 Å². The van der Waals surface area contributed by atoms with Crippen molar-refractivity contribution >= 4 is 17.1 Å². The SMILES string of the molecule is CCC(=N)c1cc([N+](=O)[O-])ccc1NC. The fourth-order valence-corrected chi connectivity index (χ4v) is 1.30. The number of non-ortho nitro benzene ring substituents is 1. The van der Waals surface area contributed by atoms with E-state index in [-0.39, 0.29) is 5.69 Å². The molecule has 0 saturated carbocycles. The molecule has 0 bridgehead atoms. The third kappa shape index (κ3) is 2.31. The van der Waals surface area contributed by atoms with Crippen LogP contribution in [0.1, 0.15) is 18.9 Å². The van der Waals surface area contributed by atoms with Gasteiger partial charge in [-0.1, -0.05) is 6.92 Å². The Kier molecular flexibility index (Phi) is 3.38. The van der Waals surface area contributed by atoms with Crippen molar-refractivity contribution in [3.63, 3.8) is 0 Å². The van der Waals surface area contributed by atoms with E-state index in [9.17, 15) is 10.1 Å². The third-order valence-electron chi connectivity index (χ3n) is 2.16. The van der Waals surface area contributed by atoms with Gasteiger partial charge in [0, 0.05) is 36.1 Å². The second-order valence-corrected chi connectivity index (χ2v) is 3.07. The number of anilines is 1. The number of hydrogen-bond donors (Lipinski definition) is 2. The van der Waals surface area contributed by atoms with Crippen LogP contribution in [0.25, 0.3) is 0 Å². The first kappa shape index (κ1) is 11.2. The van der Waals surface area contributed by atoms with Gasteiger partial charge in [0.2, 0.25) is 0 Å². The van der Waals surface area contributed by atoms with Gasteiger partial charge in [0.1, 0.15) is 0 Å². The molecule has 0 atom stereocenters. The van der Waals surface area contributed by atoms with Gasteiger partial charge >= 0.3 is 0 Å². The predicted octanol–water partition coefficient (Wildman–Crippen LogP) is 2.41. The summed E-state index contributed by atoms with van der Waals surface area (Å²) in [6.07, 6.45) is 0.551. The quantitative estimate of drug-likeness (QED) is 0.452. The number of nitro groups is 1. The van der Waals surface area contributed by atoms with Gasteiger partial charge in [-0.15, -0.1) is 0 Å². The number of nitrogens with zero attached hydrogens (tertiary/aromatic N) is 1. The highest BCUT2D eigenvalue weighted by Crippen LogP contribution is 2.22. The molecule has 0 heterocycles. The van der Waals surface area contributed by atoms with E-state index in [4.69, 9.17) is 5.41 Å². The van der Waals surface area contributed by atoms with Crippen molar-refractivity contribution in [3.8, 4) is 0 Å². The van der Waals surface area contributed by atoms with E-state index in [1.165, 1.54) is 12.1 Å². The maximum atomic E-state index is 10.6. The molecule has 1 aromatic carbocycles. The predicted molar refractivity (Wildman–Crippen MR) is 59.8 cm³/mol. The summed E-state index contributed by atoms with van der Waals surface area (Å²) in [6, 6.07) is 4.48. The minimum absolute atomic E-state index is 0.0159. The Labute approximate surface area is 87.8 Å². The maximum absolute atomic E-state index is 10.6. The van der Waals surface area contributed by atoms with E-state index in [0.717, 1.165) is 5.69 Å². The van der Waals surface area contributed by atoms with Crippen molar-refractivity contribution in [3.05, 3.63) is 33.9 Å². The summed E-state index contributed by atoms with van der Waals surface area (Å²) in [7, 11) is 1.73. The van der Waals surface area contributed by atoms with Gasteiger partial charge in [0.15, 0.2) is 0 Å². The lowest BCUT2D eigenvalue weighted by molar-refractivity contribution is -0.384. The van der Waals surface area contributed by atoms with Crippen molar-refractivity contribution in [1.29, 1.82) is 5.41 Å². The molecule has 0 spiro atoms. The normalized spacial score (nSPS) is 9.73. The Morgan fingerprint density at radius 1 is 1.60 bits per heavy atom. The monoisotopic (exact) mass is 207 g/mol. The van der Waals surface area contributed by atoms with Gasteiger partial charge in [-0.3, -0.25) is 10.1 Å². The smallest absolute Gasteiger partial charge is 0.270 e. The van der Waals surface area contributed by atoms with Crippen molar-refractivity contribution in [1.82, 2.24) is 0 Å². The highest BCUT2D eigenvalue weighted by Gasteiger charge is 2.12. The molecule has 1 aromatic rings. The lowest BCUT2D eigenvalue weighted by Gasteiger charge is -2.08. The second kappa shape index (κ2) is 4.54. The van der Waals surface area contributed by atoms with Crippen LogP contribution in [0.5, 0.6) is 0 Å². The highest BCUT2D eigenvalue weighted by molar-refractivity contribution is 6.03. The molecular weight excluding hydrogens is 194 g/mol. The number of benzene rings is 1. The number of hydrogen-bond acceptors (Lipinski definition) is 4. The van der Waals surface area contributed by atoms with Gasteiger partial charge in [-0.05, 0) is 12.5 Å². The Hall–Kier alpha value is -1.91. The summed E-state index contributed by atoms with van der Waals surface area (Å²) >= 11 is 0. The molecular formula is C10H13N3O2. The van der Waals surface area contributed by atoms with Gasteiger partial charge in [-0.2, -0.15) is 0 Å². The van der Waals surface area contributed by atoms with E-state index in [0.29, 0.717) is 17.7 Å². The molecule has 5 nitrogen and oxygen atoms in total. The molecule has 0 fully saturated rings. The van der Waals surface area contributed by atoms with Crippen molar-refractivity contribution < 1.29 is 4.92 Å². The summed E-state index contributed by atoms with van der Waals surface area (Å²) in [5, 5.41) is 21.2. The average Bonchev–Trinajstić information content (AvgIpc) is 2.27. The van der Waals surface area contributed by atoms with Crippen LogP contribution in [0.15, 0.2) is 18.2 Å². The second-order valence-electron chi connectivity index (χ2n) is 3.07. The Morgan fingerprint density at radius 2 is 2.27 bits per heavy atom. The van der Waals surface area contributed by atoms with Crippen LogP contribution in [0.4, 0.5) is 11.4 Å². The minimum Gasteiger partial charge on any atom is -0.388 e. The zero-order chi connectivity index (χ0) is 11.4. The molecule has 1 rings (SSSR count). The van der Waals surface area contributed by atoms with Crippen molar-refractivity contribution in [2.75, 3.05) is 12.4 Å². The van der Waals surface area contributed by atoms with E-state index in [1.54, 1.807) is 13.1 Å². The molecule has 80 valence electrons. The van der Waals surface area contributed by atoms with Gasteiger partial charge in [0.05, 0.1) is 4.92 Å². The Bertz CT molecular complexity index is 402. The molecule has 0 aliphatic rings. The molecule has 0 amide bonds. The van der Waals surface area contributed by atoms with Crippen molar-refractivity contribution in [2.45, 2.75) is 13.3 Å². The molecule has 0 aliphatic carbocycles. The van der Waals surface area contributed by atoms with Crippen LogP contribution in [-0.4, -0.2) is 17.7 Å². The topological polar surface area (TPSA) is 79.0 Å². The van der Waals surface area contributed by atoms with E-state index < -0.39 is 4.92 Å². The standard InChI is InChI=1S/C10H13N3O2/c1-3-9(11)8-6-7(13(14)15)4-5-10(8)12-2/h4-6,11-12H,3H2,1-2H3. The molecule has 0 radical (unpaired) electrons. The molecule has 2 N–H and O–H groups in total. The van der Waals surface area contributed by atoms with Gasteiger partial charge in [-0.25, -0.2) is 0 Å². The van der Waals surface area contributed by atoms with E-state index >= 15 is 0 Å². The Morgan fingerprint density at radius 3 is 2.73 bits per heavy atom. The van der Waals surface area contributed by atoms with Crippen LogP contribution in [0, 0.1) is 15.5 Å². The number of rotatable bonds is 4. The summed E-state index contributed by atoms with van der Waals surface area (Å²) < 4.78 is 0. The van der Waals surface area contributed by atoms with Crippen LogP contribution in [0.2, 0.25) is 0 Å². The molecule has 0 aromatic heterocycles. The van der Waals surface area contributed by atoms with Crippen LogP contribution >= 0.6 is 0 Å². The fourth-order valence-electron chi connectivity index (χ4n) is 1.30. The summed E-state index contributed by atoms with van der Waals surface area (Å²) in [4.78, 5) is 10.1. The first-order valence-corrected chi connectivity index (χ1v) is 4.64. The number of nitrogens with one attached hydrogen (secondary N) is 2. The largest absolute Gasteiger partial charge is 0.388 e. The highest BCUT2D eigenvalue weighted by atomic mass is 16.6.